The lowest BCUT2D eigenvalue weighted by Crippen LogP contribution is -2.47. The number of hydrogen-bond acceptors (Lipinski definition) is 3. The summed E-state index contributed by atoms with van der Waals surface area (Å²) in [5.41, 5.74) is 3.91. The van der Waals surface area contributed by atoms with Crippen molar-refractivity contribution in [3.8, 4) is 0 Å². The molecule has 2 aliphatic heterocycles. The van der Waals surface area contributed by atoms with Gasteiger partial charge in [0.15, 0.2) is 0 Å². The van der Waals surface area contributed by atoms with Crippen LogP contribution >= 0.6 is 15.9 Å². The maximum absolute atomic E-state index is 13.2. The van der Waals surface area contributed by atoms with Crippen LogP contribution in [-0.4, -0.2) is 34.4 Å². The van der Waals surface area contributed by atoms with Gasteiger partial charge in [0.2, 0.25) is 0 Å². The number of rotatable bonds is 3. The Morgan fingerprint density at radius 3 is 2.60 bits per heavy atom. The van der Waals surface area contributed by atoms with E-state index in [9.17, 15) is 4.79 Å². The van der Waals surface area contributed by atoms with Crippen LogP contribution in [0.5, 0.6) is 0 Å². The maximum Gasteiger partial charge on any atom is 0.412 e. The summed E-state index contributed by atoms with van der Waals surface area (Å²) in [6.45, 7) is 5.71. The molecule has 0 aromatic heterocycles. The highest BCUT2D eigenvalue weighted by Gasteiger charge is 2.45. The van der Waals surface area contributed by atoms with Gasteiger partial charge in [-0.05, 0) is 56.9 Å². The summed E-state index contributed by atoms with van der Waals surface area (Å²) < 4.78 is 6.84. The van der Waals surface area contributed by atoms with Crippen LogP contribution in [0.4, 0.5) is 4.79 Å². The number of benzene rings is 1. The van der Waals surface area contributed by atoms with E-state index < -0.39 is 5.60 Å². The number of hydrogen-bond donors (Lipinski definition) is 0. The SMILES string of the molecule is CC(C)(C)OC(=O)N1[C@@H](C2=CC=C[C+]=C2)CC[C@H]1C1=NC=C(c2ccc(Br)cc2)C1. The maximum atomic E-state index is 13.2. The van der Waals surface area contributed by atoms with Crippen molar-refractivity contribution in [2.75, 3.05) is 0 Å². The standard InChI is InChI=1S/C25H26BrN2O2/c1-25(2,3)30-24(29)28-22(18-7-5-4-6-8-18)13-14-23(28)21-15-19(16-27-21)17-9-11-20(26)12-10-17/h4-5,7-12,16,22-23H,13-15H2,1-3H3/q+1/t22-,23+/m1/s1. The predicted octanol–water partition coefficient (Wildman–Crippen LogP) is 6.26. The molecule has 1 aliphatic carbocycles. The van der Waals surface area contributed by atoms with Crippen molar-refractivity contribution in [2.45, 2.75) is 57.7 Å². The molecule has 0 spiro atoms. The Balaban J connectivity index is 1.56. The van der Waals surface area contributed by atoms with E-state index in [1.165, 1.54) is 5.57 Å². The van der Waals surface area contributed by atoms with Gasteiger partial charge in [-0.2, -0.15) is 0 Å². The fraction of sp³-hybridized carbons (Fsp3) is 0.360. The van der Waals surface area contributed by atoms with E-state index in [-0.39, 0.29) is 18.2 Å². The van der Waals surface area contributed by atoms with Crippen molar-refractivity contribution in [3.63, 3.8) is 0 Å². The molecule has 0 bridgehead atoms. The summed E-state index contributed by atoms with van der Waals surface area (Å²) in [5, 5.41) is 0. The van der Waals surface area contributed by atoms with Crippen LogP contribution in [0.2, 0.25) is 0 Å². The second-order valence-corrected chi connectivity index (χ2v) is 9.71. The molecule has 154 valence electrons. The topological polar surface area (TPSA) is 41.9 Å². The lowest BCUT2D eigenvalue weighted by molar-refractivity contribution is 0.0218. The van der Waals surface area contributed by atoms with Crippen LogP contribution in [0, 0.1) is 6.08 Å². The minimum absolute atomic E-state index is 0.0262. The smallest absolute Gasteiger partial charge is 0.412 e. The zero-order valence-corrected chi connectivity index (χ0v) is 19.1. The van der Waals surface area contributed by atoms with Crippen molar-refractivity contribution < 1.29 is 9.53 Å². The van der Waals surface area contributed by atoms with Crippen molar-refractivity contribution in [1.29, 1.82) is 0 Å². The van der Waals surface area contributed by atoms with Gasteiger partial charge < -0.3 is 4.74 Å². The fourth-order valence-electron chi connectivity index (χ4n) is 4.14. The second-order valence-electron chi connectivity index (χ2n) is 8.79. The molecule has 1 aromatic rings. The summed E-state index contributed by atoms with van der Waals surface area (Å²) in [6, 6.07) is 8.18. The number of amides is 1. The van der Waals surface area contributed by atoms with Gasteiger partial charge in [-0.3, -0.25) is 9.89 Å². The second kappa shape index (κ2) is 8.33. The number of aliphatic imine (C=N–C) groups is 1. The summed E-state index contributed by atoms with van der Waals surface area (Å²) in [4.78, 5) is 19.9. The van der Waals surface area contributed by atoms with Crippen LogP contribution in [0.25, 0.3) is 5.57 Å². The molecule has 1 saturated heterocycles. The molecular formula is C25H26BrN2O2+. The van der Waals surface area contributed by atoms with Gasteiger partial charge in [0.1, 0.15) is 23.8 Å². The van der Waals surface area contributed by atoms with Crippen LogP contribution in [0.15, 0.2) is 69.8 Å². The molecule has 1 aromatic carbocycles. The van der Waals surface area contributed by atoms with Crippen molar-refractivity contribution >= 4 is 33.3 Å². The first-order valence-corrected chi connectivity index (χ1v) is 11.1. The van der Waals surface area contributed by atoms with Gasteiger partial charge in [0.25, 0.3) is 0 Å². The number of allylic oxidation sites excluding steroid dienone is 5. The normalized spacial score (nSPS) is 23.1. The first kappa shape index (κ1) is 20.8. The minimum Gasteiger partial charge on any atom is -0.444 e. The average molecular weight is 466 g/mol. The third-order valence-electron chi connectivity index (χ3n) is 5.46. The first-order valence-electron chi connectivity index (χ1n) is 10.3. The summed E-state index contributed by atoms with van der Waals surface area (Å²) in [5.74, 6) is 0. The van der Waals surface area contributed by atoms with Crippen LogP contribution in [0.1, 0.15) is 45.6 Å². The average Bonchev–Trinajstić information content (AvgIpc) is 3.35. The highest BCUT2D eigenvalue weighted by Crippen LogP contribution is 2.36. The van der Waals surface area contributed by atoms with Crippen LogP contribution < -0.4 is 0 Å². The van der Waals surface area contributed by atoms with Crippen molar-refractivity contribution in [1.82, 2.24) is 4.90 Å². The molecule has 0 saturated carbocycles. The number of nitrogens with zero attached hydrogens (tertiary/aromatic N) is 2. The van der Waals surface area contributed by atoms with E-state index >= 15 is 0 Å². The van der Waals surface area contributed by atoms with Crippen LogP contribution in [-0.2, 0) is 4.74 Å². The number of carbonyl (C=O) groups is 1. The van der Waals surface area contributed by atoms with Gasteiger partial charge in [0, 0.05) is 35.0 Å². The van der Waals surface area contributed by atoms with Crippen molar-refractivity contribution in [2.24, 2.45) is 4.99 Å². The molecule has 4 rings (SSSR count). The number of likely N-dealkylation sites (tertiary alicyclic amines) is 1. The summed E-state index contributed by atoms with van der Waals surface area (Å²) in [7, 11) is 0. The molecule has 2 atom stereocenters. The van der Waals surface area contributed by atoms with Gasteiger partial charge >= 0.3 is 6.09 Å². The predicted molar refractivity (Wildman–Crippen MR) is 124 cm³/mol. The highest BCUT2D eigenvalue weighted by molar-refractivity contribution is 9.10. The monoisotopic (exact) mass is 465 g/mol. The number of halogens is 1. The Morgan fingerprint density at radius 2 is 1.93 bits per heavy atom. The third-order valence-corrected chi connectivity index (χ3v) is 5.99. The minimum atomic E-state index is -0.546. The number of carbonyl (C=O) groups excluding carboxylic acids is 1. The van der Waals surface area contributed by atoms with Gasteiger partial charge in [-0.1, -0.05) is 28.1 Å². The third kappa shape index (κ3) is 4.48. The number of ether oxygens (including phenoxy) is 1. The molecule has 0 N–H and O–H groups in total. The Bertz CT molecular complexity index is 977. The highest BCUT2D eigenvalue weighted by atomic mass is 79.9. The van der Waals surface area contributed by atoms with E-state index in [2.05, 4.69) is 40.2 Å². The molecule has 1 amide bonds. The van der Waals surface area contributed by atoms with E-state index in [0.29, 0.717) is 0 Å². The Morgan fingerprint density at radius 1 is 1.20 bits per heavy atom. The molecule has 30 heavy (non-hydrogen) atoms. The zero-order valence-electron chi connectivity index (χ0n) is 17.6. The molecule has 0 unspecified atom stereocenters. The lowest BCUT2D eigenvalue weighted by Gasteiger charge is -2.32. The molecule has 1 fully saturated rings. The van der Waals surface area contributed by atoms with E-state index in [1.54, 1.807) is 0 Å². The van der Waals surface area contributed by atoms with Gasteiger partial charge in [-0.25, -0.2) is 4.79 Å². The van der Waals surface area contributed by atoms with Gasteiger partial charge in [0.05, 0.1) is 17.7 Å². The lowest BCUT2D eigenvalue weighted by atomic mass is 9.99. The molecular weight excluding hydrogens is 440 g/mol. The first-order chi connectivity index (χ1) is 14.3. The van der Waals surface area contributed by atoms with Gasteiger partial charge in [-0.15, -0.1) is 0 Å². The van der Waals surface area contributed by atoms with Crippen molar-refractivity contribution in [3.05, 3.63) is 76.5 Å². The quantitative estimate of drug-likeness (QED) is 0.494. The Labute approximate surface area is 186 Å². The fourth-order valence-corrected chi connectivity index (χ4v) is 4.41. The van der Waals surface area contributed by atoms with E-state index in [1.807, 2.05) is 62.2 Å². The Hall–Kier alpha value is -2.49. The van der Waals surface area contributed by atoms with Crippen LogP contribution in [0.3, 0.4) is 0 Å². The van der Waals surface area contributed by atoms with E-state index in [0.717, 1.165) is 40.6 Å². The van der Waals surface area contributed by atoms with E-state index in [4.69, 9.17) is 9.73 Å². The molecule has 3 aliphatic rings. The zero-order chi connectivity index (χ0) is 21.3. The molecule has 4 nitrogen and oxygen atoms in total. The summed E-state index contributed by atoms with van der Waals surface area (Å²) >= 11 is 3.49. The molecule has 5 heteroatoms. The summed E-state index contributed by atoms with van der Waals surface area (Å²) in [6.07, 6.45) is 15.2. The molecule has 2 heterocycles. The molecule has 0 radical (unpaired) electrons. The largest absolute Gasteiger partial charge is 0.444 e. The Kier molecular flexibility index (Phi) is 5.77.